The lowest BCUT2D eigenvalue weighted by molar-refractivity contribution is 0.573. The molecule has 1 N–H and O–H groups in total. The van der Waals surface area contributed by atoms with Crippen LogP contribution in [0, 0.1) is 0 Å². The number of benzene rings is 1. The first-order valence-corrected chi connectivity index (χ1v) is 7.70. The van der Waals surface area contributed by atoms with Crippen molar-refractivity contribution in [2.45, 2.75) is 19.3 Å². The molecule has 1 aliphatic heterocycles. The molecule has 1 aromatic carbocycles. The lowest BCUT2D eigenvalue weighted by Crippen LogP contribution is -2.30. The Bertz CT molecular complexity index is 564. The van der Waals surface area contributed by atoms with E-state index in [9.17, 15) is 0 Å². The average Bonchev–Trinajstić information content (AvgIpc) is 2.51. The minimum atomic E-state index is 0.836. The molecule has 0 spiro atoms. The summed E-state index contributed by atoms with van der Waals surface area (Å²) in [4.78, 5) is 11.0. The summed E-state index contributed by atoms with van der Waals surface area (Å²) in [6, 6.07) is 10.1. The first-order chi connectivity index (χ1) is 9.81. The van der Waals surface area contributed by atoms with Crippen LogP contribution in [-0.4, -0.2) is 23.1 Å². The summed E-state index contributed by atoms with van der Waals surface area (Å²) in [6.45, 7) is 2.18. The molecule has 0 unspecified atom stereocenters. The zero-order valence-electron chi connectivity index (χ0n) is 11.2. The Labute approximate surface area is 127 Å². The summed E-state index contributed by atoms with van der Waals surface area (Å²) in [5, 5.41) is 3.31. The first-order valence-electron chi connectivity index (χ1n) is 6.91. The molecule has 0 saturated carbocycles. The first kappa shape index (κ1) is 13.4. The number of nitrogens with one attached hydrogen (secondary N) is 1. The molecule has 104 valence electrons. The van der Waals surface area contributed by atoms with E-state index in [0.29, 0.717) is 0 Å². The molecule has 1 aromatic heterocycles. The SMILES string of the molecule is Brc1ccc(Nc2cc(N3CCCCC3)ncn2)cc1. The van der Waals surface area contributed by atoms with Crippen molar-refractivity contribution in [1.29, 1.82) is 0 Å². The number of rotatable bonds is 3. The third-order valence-electron chi connectivity index (χ3n) is 3.45. The maximum absolute atomic E-state index is 4.39. The largest absolute Gasteiger partial charge is 0.356 e. The Morgan fingerprint density at radius 2 is 1.75 bits per heavy atom. The molecule has 1 saturated heterocycles. The predicted molar refractivity (Wildman–Crippen MR) is 85.5 cm³/mol. The highest BCUT2D eigenvalue weighted by Crippen LogP contribution is 2.22. The van der Waals surface area contributed by atoms with Crippen molar-refractivity contribution in [3.63, 3.8) is 0 Å². The van der Waals surface area contributed by atoms with Gasteiger partial charge in [0.15, 0.2) is 0 Å². The molecular weight excluding hydrogens is 316 g/mol. The normalized spacial score (nSPS) is 15.2. The van der Waals surface area contributed by atoms with Crippen LogP contribution in [0.3, 0.4) is 0 Å². The highest BCUT2D eigenvalue weighted by molar-refractivity contribution is 9.10. The van der Waals surface area contributed by atoms with Crippen molar-refractivity contribution < 1.29 is 0 Å². The number of hydrogen-bond acceptors (Lipinski definition) is 4. The van der Waals surface area contributed by atoms with Crippen LogP contribution in [-0.2, 0) is 0 Å². The fourth-order valence-corrected chi connectivity index (χ4v) is 2.66. The lowest BCUT2D eigenvalue weighted by Gasteiger charge is -2.27. The van der Waals surface area contributed by atoms with Crippen molar-refractivity contribution >= 4 is 33.3 Å². The second kappa shape index (κ2) is 6.22. The van der Waals surface area contributed by atoms with Gasteiger partial charge in [-0.1, -0.05) is 15.9 Å². The van der Waals surface area contributed by atoms with E-state index in [1.807, 2.05) is 30.3 Å². The molecule has 0 aliphatic carbocycles. The molecule has 2 heterocycles. The standard InChI is InChI=1S/C15H17BrN4/c16-12-4-6-13(7-5-12)19-14-10-15(18-11-17-14)20-8-2-1-3-9-20/h4-7,10-11H,1-3,8-9H2,(H,17,18,19). The maximum Gasteiger partial charge on any atom is 0.135 e. The summed E-state index contributed by atoms with van der Waals surface area (Å²) >= 11 is 3.43. The van der Waals surface area contributed by atoms with Crippen molar-refractivity contribution in [2.75, 3.05) is 23.3 Å². The average molecular weight is 333 g/mol. The van der Waals surface area contributed by atoms with Crippen LogP contribution in [0.15, 0.2) is 41.1 Å². The van der Waals surface area contributed by atoms with Crippen LogP contribution in [0.4, 0.5) is 17.3 Å². The van der Waals surface area contributed by atoms with Gasteiger partial charge < -0.3 is 10.2 Å². The fraction of sp³-hybridized carbons (Fsp3) is 0.333. The van der Waals surface area contributed by atoms with E-state index in [0.717, 1.165) is 34.9 Å². The van der Waals surface area contributed by atoms with Crippen molar-refractivity contribution in [3.8, 4) is 0 Å². The molecule has 0 bridgehead atoms. The second-order valence-corrected chi connectivity index (χ2v) is 5.86. The Morgan fingerprint density at radius 1 is 1.00 bits per heavy atom. The van der Waals surface area contributed by atoms with Gasteiger partial charge in [0.1, 0.15) is 18.0 Å². The van der Waals surface area contributed by atoms with Crippen LogP contribution in [0.25, 0.3) is 0 Å². The molecule has 5 heteroatoms. The predicted octanol–water partition coefficient (Wildman–Crippen LogP) is 3.97. The van der Waals surface area contributed by atoms with Gasteiger partial charge in [-0.05, 0) is 43.5 Å². The lowest BCUT2D eigenvalue weighted by atomic mass is 10.1. The van der Waals surface area contributed by atoms with Crippen molar-refractivity contribution in [1.82, 2.24) is 9.97 Å². The van der Waals surface area contributed by atoms with Crippen LogP contribution in [0.1, 0.15) is 19.3 Å². The number of nitrogens with zero attached hydrogens (tertiary/aromatic N) is 3. The second-order valence-electron chi connectivity index (χ2n) is 4.94. The monoisotopic (exact) mass is 332 g/mol. The van der Waals surface area contributed by atoms with Gasteiger partial charge in [0.25, 0.3) is 0 Å². The highest BCUT2D eigenvalue weighted by Gasteiger charge is 2.12. The quantitative estimate of drug-likeness (QED) is 0.923. The highest BCUT2D eigenvalue weighted by atomic mass is 79.9. The summed E-state index contributed by atoms with van der Waals surface area (Å²) in [7, 11) is 0. The molecule has 20 heavy (non-hydrogen) atoms. The fourth-order valence-electron chi connectivity index (χ4n) is 2.39. The number of hydrogen-bond donors (Lipinski definition) is 1. The minimum absolute atomic E-state index is 0.836. The van der Waals surface area contributed by atoms with Gasteiger partial charge in [-0.3, -0.25) is 0 Å². The van der Waals surface area contributed by atoms with E-state index in [4.69, 9.17) is 0 Å². The number of halogens is 1. The van der Waals surface area contributed by atoms with E-state index in [1.165, 1.54) is 19.3 Å². The van der Waals surface area contributed by atoms with Gasteiger partial charge in [0, 0.05) is 29.3 Å². The summed E-state index contributed by atoms with van der Waals surface area (Å²) < 4.78 is 1.07. The van der Waals surface area contributed by atoms with Crippen LogP contribution in [0.5, 0.6) is 0 Å². The molecule has 0 atom stereocenters. The number of anilines is 3. The summed E-state index contributed by atoms with van der Waals surface area (Å²) in [5.74, 6) is 1.85. The molecule has 0 radical (unpaired) electrons. The zero-order chi connectivity index (χ0) is 13.8. The van der Waals surface area contributed by atoms with Crippen molar-refractivity contribution in [2.24, 2.45) is 0 Å². The van der Waals surface area contributed by atoms with Crippen LogP contribution in [0.2, 0.25) is 0 Å². The van der Waals surface area contributed by atoms with E-state index < -0.39 is 0 Å². The smallest absolute Gasteiger partial charge is 0.135 e. The Balaban J connectivity index is 1.75. The number of piperidine rings is 1. The van der Waals surface area contributed by atoms with Crippen LogP contribution >= 0.6 is 15.9 Å². The van der Waals surface area contributed by atoms with Crippen LogP contribution < -0.4 is 10.2 Å². The molecule has 4 nitrogen and oxygen atoms in total. The van der Waals surface area contributed by atoms with Gasteiger partial charge in [-0.25, -0.2) is 9.97 Å². The summed E-state index contributed by atoms with van der Waals surface area (Å²) in [5.41, 5.74) is 1.02. The Hall–Kier alpha value is -1.62. The molecule has 1 aliphatic rings. The molecular formula is C15H17BrN4. The van der Waals surface area contributed by atoms with E-state index in [-0.39, 0.29) is 0 Å². The topological polar surface area (TPSA) is 41.0 Å². The molecule has 2 aromatic rings. The van der Waals surface area contributed by atoms with Gasteiger partial charge in [0.05, 0.1) is 0 Å². The molecule has 3 rings (SSSR count). The molecule has 0 amide bonds. The minimum Gasteiger partial charge on any atom is -0.356 e. The van der Waals surface area contributed by atoms with Gasteiger partial charge in [-0.2, -0.15) is 0 Å². The zero-order valence-corrected chi connectivity index (χ0v) is 12.8. The van der Waals surface area contributed by atoms with Gasteiger partial charge >= 0.3 is 0 Å². The summed E-state index contributed by atoms with van der Waals surface area (Å²) in [6.07, 6.45) is 5.45. The number of aromatic nitrogens is 2. The van der Waals surface area contributed by atoms with E-state index in [2.05, 4.69) is 36.1 Å². The third kappa shape index (κ3) is 3.28. The maximum atomic E-state index is 4.39. The Morgan fingerprint density at radius 3 is 2.50 bits per heavy atom. The third-order valence-corrected chi connectivity index (χ3v) is 3.98. The van der Waals surface area contributed by atoms with Gasteiger partial charge in [-0.15, -0.1) is 0 Å². The molecule has 1 fully saturated rings. The van der Waals surface area contributed by atoms with Crippen molar-refractivity contribution in [3.05, 3.63) is 41.1 Å². The van der Waals surface area contributed by atoms with E-state index in [1.54, 1.807) is 6.33 Å². The Kier molecular flexibility index (Phi) is 4.16. The van der Waals surface area contributed by atoms with E-state index >= 15 is 0 Å². The van der Waals surface area contributed by atoms with Gasteiger partial charge in [0.2, 0.25) is 0 Å².